The molecule has 3 aromatic rings. The zero-order chi connectivity index (χ0) is 40.5. The van der Waals surface area contributed by atoms with Gasteiger partial charge in [0.2, 0.25) is 0 Å². The number of rotatable bonds is 14. The van der Waals surface area contributed by atoms with Gasteiger partial charge in [0.1, 0.15) is 18.3 Å². The molecule has 2 fully saturated rings. The second kappa shape index (κ2) is 16.8. The molecule has 2 amide bonds. The van der Waals surface area contributed by atoms with E-state index in [-0.39, 0.29) is 43.1 Å². The lowest BCUT2D eigenvalue weighted by Gasteiger charge is -2.37. The minimum Gasteiger partial charge on any atom is -0.469 e. The van der Waals surface area contributed by atoms with Gasteiger partial charge in [0.05, 0.1) is 37.1 Å². The van der Waals surface area contributed by atoms with Gasteiger partial charge in [-0.1, -0.05) is 42.5 Å². The number of aliphatic hydroxyl groups excluding tert-OH is 5. The Balaban J connectivity index is 1.30. The summed E-state index contributed by atoms with van der Waals surface area (Å²) in [6.07, 6.45) is -6.54. The first-order valence-corrected chi connectivity index (χ1v) is 21.8. The largest absolute Gasteiger partial charge is 0.469 e. The van der Waals surface area contributed by atoms with E-state index >= 15 is 0 Å². The van der Waals surface area contributed by atoms with Crippen LogP contribution < -0.4 is 10.2 Å². The zero-order valence-corrected chi connectivity index (χ0v) is 32.8. The molecule has 0 saturated carbocycles. The summed E-state index contributed by atoms with van der Waals surface area (Å²) in [5.41, 5.74) is 0.634. The maximum absolute atomic E-state index is 14.8. The second-order valence-electron chi connectivity index (χ2n) is 15.3. The fourth-order valence-corrected chi connectivity index (χ4v) is 11.1. The van der Waals surface area contributed by atoms with Crippen LogP contribution in [0.1, 0.15) is 55.3 Å². The fourth-order valence-electron chi connectivity index (χ4n) is 8.48. The van der Waals surface area contributed by atoms with Crippen LogP contribution >= 0.6 is 0 Å². The van der Waals surface area contributed by atoms with E-state index < -0.39 is 68.1 Å². The number of hydrogen-bond acceptors (Lipinski definition) is 14. The molecular weight excluding hydrogens is 747 g/mol. The topological polar surface area (TPSA) is 246 Å². The van der Waals surface area contributed by atoms with Gasteiger partial charge in [0.15, 0.2) is 26.3 Å². The first kappa shape index (κ1) is 41.5. The van der Waals surface area contributed by atoms with Gasteiger partial charge in [-0.2, -0.15) is 0 Å². The van der Waals surface area contributed by atoms with Gasteiger partial charge >= 0.3 is 5.97 Å². The molecular formula is C38H51N5O12Si. The van der Waals surface area contributed by atoms with Crippen LogP contribution in [0.5, 0.6) is 0 Å². The number of aliphatic hydroxyl groups is 5. The fraction of sp³-hybridized carbons (Fsp3) is 0.553. The van der Waals surface area contributed by atoms with Gasteiger partial charge in [-0.3, -0.25) is 19.1 Å². The summed E-state index contributed by atoms with van der Waals surface area (Å²) in [5, 5.41) is 62.0. The van der Waals surface area contributed by atoms with Gasteiger partial charge < -0.3 is 54.8 Å². The summed E-state index contributed by atoms with van der Waals surface area (Å²) < 4.78 is 18.5. The van der Waals surface area contributed by atoms with Crippen LogP contribution in [-0.2, 0) is 40.7 Å². The third-order valence-corrected chi connectivity index (χ3v) is 13.8. The van der Waals surface area contributed by atoms with E-state index in [9.17, 15) is 44.7 Å². The van der Waals surface area contributed by atoms with E-state index in [2.05, 4.69) is 15.6 Å². The first-order valence-electron chi connectivity index (χ1n) is 18.8. The van der Waals surface area contributed by atoms with Crippen LogP contribution in [0.15, 0.2) is 54.7 Å². The monoisotopic (exact) mass is 797 g/mol. The number of aryl methyl sites for hydroxylation is 1. The standard InChI is InChI=1S/C38H51N5O12Si/c1-21-34(56(3,4)52)28(15-17-42-19-26(40-41-42)24(20-44)22-10-6-5-7-11-22)55-38(21)25-18-23(39-35(49)33-31(47)30(46)32(48)36(50)54-33)13-14-27(25)43(37(38)51)16-9-8-12-29(45)53-2/h5-7,10-11,13-14,18-19,21,24,28,30-34,36,44,46-48,50,52H,8-9,12,15-17,20H2,1-4H3,(H,39,49)/t21-,24?,28+,30+,31+,32-,33+,34-,36-,38+/m1/s1. The molecule has 4 heterocycles. The number of esters is 1. The molecule has 3 aliphatic heterocycles. The van der Waals surface area contributed by atoms with Crippen molar-refractivity contribution in [3.8, 4) is 0 Å². The number of methoxy groups -OCH3 is 1. The Bertz CT molecular complexity index is 1880. The van der Waals surface area contributed by atoms with E-state index in [1.165, 1.54) is 7.11 Å². The molecule has 1 spiro atoms. The number of fused-ring (bicyclic) bond motifs is 2. The molecule has 7 N–H and O–H groups in total. The number of hydrogen-bond donors (Lipinski definition) is 7. The Hall–Kier alpha value is -4.11. The molecule has 2 saturated heterocycles. The number of anilines is 2. The molecule has 0 aliphatic carbocycles. The van der Waals surface area contributed by atoms with Crippen LogP contribution in [-0.4, -0.2) is 128 Å². The van der Waals surface area contributed by atoms with Crippen LogP contribution in [0.4, 0.5) is 11.4 Å². The Morgan fingerprint density at radius 1 is 1.04 bits per heavy atom. The highest BCUT2D eigenvalue weighted by atomic mass is 28.4. The molecule has 17 nitrogen and oxygen atoms in total. The van der Waals surface area contributed by atoms with Crippen molar-refractivity contribution in [1.82, 2.24) is 15.0 Å². The molecule has 56 heavy (non-hydrogen) atoms. The molecule has 0 radical (unpaired) electrons. The summed E-state index contributed by atoms with van der Waals surface area (Å²) in [7, 11) is -1.75. The molecule has 3 aliphatic rings. The summed E-state index contributed by atoms with van der Waals surface area (Å²) in [6, 6.07) is 14.3. The molecule has 2 aromatic carbocycles. The predicted molar refractivity (Wildman–Crippen MR) is 201 cm³/mol. The van der Waals surface area contributed by atoms with Crippen molar-refractivity contribution in [2.75, 3.05) is 30.5 Å². The van der Waals surface area contributed by atoms with E-state index in [0.29, 0.717) is 42.8 Å². The Morgan fingerprint density at radius 2 is 1.77 bits per heavy atom. The number of ether oxygens (including phenoxy) is 3. The third-order valence-electron chi connectivity index (χ3n) is 11.3. The number of amides is 2. The highest BCUT2D eigenvalue weighted by Gasteiger charge is 2.66. The first-order chi connectivity index (χ1) is 26.6. The molecule has 10 atom stereocenters. The van der Waals surface area contributed by atoms with Crippen LogP contribution in [0.2, 0.25) is 18.6 Å². The molecule has 18 heteroatoms. The van der Waals surface area contributed by atoms with Crippen molar-refractivity contribution in [2.24, 2.45) is 5.92 Å². The molecule has 1 unspecified atom stereocenters. The van der Waals surface area contributed by atoms with E-state index in [1.54, 1.807) is 47.1 Å². The van der Waals surface area contributed by atoms with Crippen molar-refractivity contribution in [2.45, 2.75) is 106 Å². The highest BCUT2D eigenvalue weighted by Crippen LogP contribution is 2.60. The van der Waals surface area contributed by atoms with E-state index in [1.807, 2.05) is 37.3 Å². The Kier molecular flexibility index (Phi) is 12.4. The third kappa shape index (κ3) is 7.90. The number of nitrogens with zero attached hydrogens (tertiary/aromatic N) is 4. The van der Waals surface area contributed by atoms with E-state index in [0.717, 1.165) is 5.56 Å². The smallest absolute Gasteiger partial charge is 0.305 e. The quantitative estimate of drug-likeness (QED) is 0.0676. The molecule has 0 bridgehead atoms. The molecule has 6 rings (SSSR count). The minimum absolute atomic E-state index is 0.161. The number of nitrogens with one attached hydrogen (secondary N) is 1. The lowest BCUT2D eigenvalue weighted by atomic mass is 9.82. The summed E-state index contributed by atoms with van der Waals surface area (Å²) in [6.45, 7) is 5.91. The Morgan fingerprint density at radius 3 is 2.45 bits per heavy atom. The number of aromatic nitrogens is 3. The van der Waals surface area contributed by atoms with Gasteiger partial charge in [0, 0.05) is 48.4 Å². The van der Waals surface area contributed by atoms with Crippen LogP contribution in [0, 0.1) is 5.92 Å². The maximum Gasteiger partial charge on any atom is 0.305 e. The van der Waals surface area contributed by atoms with Gasteiger partial charge in [-0.15, -0.1) is 5.10 Å². The zero-order valence-electron chi connectivity index (χ0n) is 31.8. The Labute approximate surface area is 324 Å². The van der Waals surface area contributed by atoms with Crippen LogP contribution in [0.3, 0.4) is 0 Å². The second-order valence-corrected chi connectivity index (χ2v) is 19.3. The van der Waals surface area contributed by atoms with Crippen LogP contribution in [0.25, 0.3) is 0 Å². The minimum atomic E-state index is -3.06. The number of unbranched alkanes of at least 4 members (excludes halogenated alkanes) is 1. The van der Waals surface area contributed by atoms with Gasteiger partial charge in [-0.25, -0.2) is 0 Å². The van der Waals surface area contributed by atoms with Gasteiger partial charge in [0.25, 0.3) is 11.8 Å². The summed E-state index contributed by atoms with van der Waals surface area (Å²) in [4.78, 5) is 53.3. The molecule has 304 valence electrons. The maximum atomic E-state index is 14.8. The summed E-state index contributed by atoms with van der Waals surface area (Å²) >= 11 is 0. The van der Waals surface area contributed by atoms with Gasteiger partial charge in [-0.05, 0) is 56.1 Å². The van der Waals surface area contributed by atoms with Crippen molar-refractivity contribution in [3.63, 3.8) is 0 Å². The predicted octanol–water partition coefficient (Wildman–Crippen LogP) is 0.719. The van der Waals surface area contributed by atoms with Crippen molar-refractivity contribution >= 4 is 37.5 Å². The summed E-state index contributed by atoms with van der Waals surface area (Å²) in [5.74, 6) is -2.55. The van der Waals surface area contributed by atoms with Crippen molar-refractivity contribution in [1.29, 1.82) is 0 Å². The number of carbonyl (C=O) groups excluding carboxylic acids is 3. The normalized spacial score (nSPS) is 29.4. The lowest BCUT2D eigenvalue weighted by molar-refractivity contribution is -0.274. The average molecular weight is 798 g/mol. The SMILES string of the molecule is COC(=O)CCCCN1C(=O)[C@@]2(O[C@@H](CCn3cc(C(CO)c4ccccc4)nn3)[C@H]([Si](C)(C)O)[C@H]2C)c2cc(NC(=O)[C@H]3O[C@@H](O)[C@H](O)[C@@H](O)[C@@H]3O)ccc21. The number of benzene rings is 2. The van der Waals surface area contributed by atoms with Crippen molar-refractivity contribution < 1.29 is 58.9 Å². The average Bonchev–Trinajstić information content (AvgIpc) is 3.83. The highest BCUT2D eigenvalue weighted by molar-refractivity contribution is 6.71. The number of carbonyl (C=O) groups is 3. The molecule has 1 aromatic heterocycles. The van der Waals surface area contributed by atoms with Crippen molar-refractivity contribution in [3.05, 3.63) is 71.5 Å². The van der Waals surface area contributed by atoms with E-state index in [4.69, 9.17) is 14.2 Å². The lowest BCUT2D eigenvalue weighted by Crippen LogP contribution is -2.60.